The summed E-state index contributed by atoms with van der Waals surface area (Å²) in [5.41, 5.74) is 1.66. The number of fused-ring (bicyclic) bond motifs is 1. The van der Waals surface area contributed by atoms with Crippen LogP contribution in [0.2, 0.25) is 0 Å². The molecule has 2 fully saturated rings. The predicted molar refractivity (Wildman–Crippen MR) is 74.3 cm³/mol. The molecule has 1 aromatic heterocycles. The molecule has 2 saturated heterocycles. The van der Waals surface area contributed by atoms with E-state index < -0.39 is 0 Å². The lowest BCUT2D eigenvalue weighted by atomic mass is 9.98. The number of aromatic nitrogens is 2. The lowest BCUT2D eigenvalue weighted by Gasteiger charge is -2.42. The molecule has 0 bridgehead atoms. The van der Waals surface area contributed by atoms with Gasteiger partial charge in [0.2, 0.25) is 11.8 Å². The molecule has 0 aromatic carbocycles. The van der Waals surface area contributed by atoms with Gasteiger partial charge < -0.3 is 4.90 Å². The number of carbonyl (C=O) groups is 2. The first-order chi connectivity index (χ1) is 9.61. The van der Waals surface area contributed by atoms with Gasteiger partial charge in [-0.3, -0.25) is 19.2 Å². The van der Waals surface area contributed by atoms with E-state index in [9.17, 15) is 9.59 Å². The molecule has 20 heavy (non-hydrogen) atoms. The standard InChI is InChI=1S/C14H20N4O2/c1-3-10-12(8-16(2)15-10)18-9-13(19)17-7-5-4-6-11(17)14(18)20/h8,11H,3-7,9H2,1-2H3. The highest BCUT2D eigenvalue weighted by molar-refractivity contribution is 6.06. The van der Waals surface area contributed by atoms with Crippen molar-refractivity contribution in [3.63, 3.8) is 0 Å². The summed E-state index contributed by atoms with van der Waals surface area (Å²) in [6.45, 7) is 2.87. The molecule has 0 saturated carbocycles. The van der Waals surface area contributed by atoms with Gasteiger partial charge in [0.05, 0.1) is 11.4 Å². The minimum atomic E-state index is -0.269. The van der Waals surface area contributed by atoms with Crippen LogP contribution in [0.15, 0.2) is 6.20 Å². The quantitative estimate of drug-likeness (QED) is 0.799. The van der Waals surface area contributed by atoms with Gasteiger partial charge in [0.25, 0.3) is 0 Å². The predicted octanol–water partition coefficient (Wildman–Crippen LogP) is 0.710. The molecule has 2 amide bonds. The van der Waals surface area contributed by atoms with Crippen LogP contribution in [0.1, 0.15) is 31.9 Å². The zero-order valence-corrected chi connectivity index (χ0v) is 12.0. The summed E-state index contributed by atoms with van der Waals surface area (Å²) in [4.78, 5) is 28.3. The van der Waals surface area contributed by atoms with E-state index in [4.69, 9.17) is 0 Å². The first-order valence-corrected chi connectivity index (χ1v) is 7.25. The maximum atomic E-state index is 12.7. The van der Waals surface area contributed by atoms with Gasteiger partial charge in [0.15, 0.2) is 0 Å². The summed E-state index contributed by atoms with van der Waals surface area (Å²) in [5, 5.41) is 4.37. The Labute approximate surface area is 118 Å². The number of amides is 2. The van der Waals surface area contributed by atoms with Crippen LogP contribution in [0.3, 0.4) is 0 Å². The summed E-state index contributed by atoms with van der Waals surface area (Å²) in [6.07, 6.45) is 5.39. The van der Waals surface area contributed by atoms with Gasteiger partial charge in [-0.15, -0.1) is 0 Å². The van der Waals surface area contributed by atoms with Crippen LogP contribution in [-0.2, 0) is 23.1 Å². The van der Waals surface area contributed by atoms with Gasteiger partial charge in [-0.05, 0) is 25.7 Å². The Morgan fingerprint density at radius 3 is 2.90 bits per heavy atom. The van der Waals surface area contributed by atoms with E-state index in [0.717, 1.165) is 43.6 Å². The molecule has 0 aliphatic carbocycles. The first kappa shape index (κ1) is 13.1. The van der Waals surface area contributed by atoms with Gasteiger partial charge in [-0.2, -0.15) is 5.10 Å². The van der Waals surface area contributed by atoms with Crippen molar-refractivity contribution in [2.45, 2.75) is 38.6 Å². The molecule has 2 aliphatic rings. The Balaban J connectivity index is 1.94. The van der Waals surface area contributed by atoms with Crippen LogP contribution in [0.5, 0.6) is 0 Å². The third-order valence-electron chi connectivity index (χ3n) is 4.18. The molecule has 1 aromatic rings. The first-order valence-electron chi connectivity index (χ1n) is 7.25. The smallest absolute Gasteiger partial charge is 0.250 e. The van der Waals surface area contributed by atoms with Gasteiger partial charge in [0.1, 0.15) is 12.6 Å². The Kier molecular flexibility index (Phi) is 3.23. The van der Waals surface area contributed by atoms with Crippen molar-refractivity contribution < 1.29 is 9.59 Å². The fourth-order valence-corrected chi connectivity index (χ4v) is 3.17. The highest BCUT2D eigenvalue weighted by Gasteiger charge is 2.41. The number of rotatable bonds is 2. The molecular formula is C14H20N4O2. The summed E-state index contributed by atoms with van der Waals surface area (Å²) in [5.74, 6) is 0.104. The molecule has 0 N–H and O–H groups in total. The fraction of sp³-hybridized carbons (Fsp3) is 0.643. The molecule has 3 heterocycles. The van der Waals surface area contributed by atoms with Crippen molar-refractivity contribution in [2.75, 3.05) is 18.0 Å². The summed E-state index contributed by atoms with van der Waals surface area (Å²) >= 11 is 0. The molecule has 0 spiro atoms. The number of hydrogen-bond donors (Lipinski definition) is 0. The molecule has 6 heteroatoms. The largest absolute Gasteiger partial charge is 0.329 e. The van der Waals surface area contributed by atoms with Crippen LogP contribution in [0.25, 0.3) is 0 Å². The zero-order valence-electron chi connectivity index (χ0n) is 12.0. The summed E-state index contributed by atoms with van der Waals surface area (Å²) in [6, 6.07) is -0.269. The van der Waals surface area contributed by atoms with Gasteiger partial charge in [0, 0.05) is 19.8 Å². The molecule has 1 unspecified atom stereocenters. The van der Waals surface area contributed by atoms with E-state index in [0.29, 0.717) is 0 Å². The normalized spacial score (nSPS) is 23.2. The number of hydrogen-bond acceptors (Lipinski definition) is 3. The zero-order chi connectivity index (χ0) is 14.3. The van der Waals surface area contributed by atoms with Crippen molar-refractivity contribution in [2.24, 2.45) is 7.05 Å². The number of aryl methyl sites for hydroxylation is 2. The van der Waals surface area contributed by atoms with Crippen LogP contribution in [0.4, 0.5) is 5.69 Å². The molecule has 3 rings (SSSR count). The number of carbonyl (C=O) groups excluding carboxylic acids is 2. The number of piperidine rings is 1. The molecular weight excluding hydrogens is 256 g/mol. The number of nitrogens with zero attached hydrogens (tertiary/aromatic N) is 4. The van der Waals surface area contributed by atoms with E-state index in [-0.39, 0.29) is 24.4 Å². The lowest BCUT2D eigenvalue weighted by molar-refractivity contribution is -0.144. The Morgan fingerprint density at radius 2 is 2.15 bits per heavy atom. The lowest BCUT2D eigenvalue weighted by Crippen LogP contribution is -2.61. The third kappa shape index (κ3) is 1.99. The minimum absolute atomic E-state index is 0.0481. The average molecular weight is 276 g/mol. The Bertz CT molecular complexity index is 551. The van der Waals surface area contributed by atoms with E-state index in [1.165, 1.54) is 0 Å². The topological polar surface area (TPSA) is 58.4 Å². The van der Waals surface area contributed by atoms with E-state index >= 15 is 0 Å². The average Bonchev–Trinajstić information content (AvgIpc) is 2.84. The second-order valence-corrected chi connectivity index (χ2v) is 5.51. The monoisotopic (exact) mass is 276 g/mol. The second kappa shape index (κ2) is 4.92. The SMILES string of the molecule is CCc1nn(C)cc1N1CC(=O)N2CCCCC2C1=O. The minimum Gasteiger partial charge on any atom is -0.329 e. The molecule has 0 radical (unpaired) electrons. The van der Waals surface area contributed by atoms with Crippen molar-refractivity contribution >= 4 is 17.5 Å². The van der Waals surface area contributed by atoms with Gasteiger partial charge in [-0.25, -0.2) is 0 Å². The summed E-state index contributed by atoms with van der Waals surface area (Å²) < 4.78 is 1.71. The highest BCUT2D eigenvalue weighted by Crippen LogP contribution is 2.28. The van der Waals surface area contributed by atoms with Crippen LogP contribution < -0.4 is 4.90 Å². The third-order valence-corrected chi connectivity index (χ3v) is 4.18. The van der Waals surface area contributed by atoms with Crippen molar-refractivity contribution in [3.05, 3.63) is 11.9 Å². The van der Waals surface area contributed by atoms with E-state index in [2.05, 4.69) is 5.10 Å². The van der Waals surface area contributed by atoms with E-state index in [1.807, 2.05) is 20.2 Å². The summed E-state index contributed by atoms with van der Waals surface area (Å²) in [7, 11) is 1.84. The van der Waals surface area contributed by atoms with Gasteiger partial charge in [-0.1, -0.05) is 6.92 Å². The second-order valence-electron chi connectivity index (χ2n) is 5.51. The van der Waals surface area contributed by atoms with Crippen molar-refractivity contribution in [3.8, 4) is 0 Å². The van der Waals surface area contributed by atoms with Crippen LogP contribution >= 0.6 is 0 Å². The number of piperazine rings is 1. The Hall–Kier alpha value is -1.85. The molecule has 108 valence electrons. The van der Waals surface area contributed by atoms with E-state index in [1.54, 1.807) is 14.5 Å². The fourth-order valence-electron chi connectivity index (χ4n) is 3.17. The molecule has 2 aliphatic heterocycles. The van der Waals surface area contributed by atoms with Crippen LogP contribution in [-0.4, -0.2) is 45.6 Å². The molecule has 1 atom stereocenters. The maximum absolute atomic E-state index is 12.7. The van der Waals surface area contributed by atoms with Crippen LogP contribution in [0, 0.1) is 0 Å². The maximum Gasteiger partial charge on any atom is 0.250 e. The van der Waals surface area contributed by atoms with Gasteiger partial charge >= 0.3 is 0 Å². The van der Waals surface area contributed by atoms with Crippen molar-refractivity contribution in [1.29, 1.82) is 0 Å². The molecule has 6 nitrogen and oxygen atoms in total. The van der Waals surface area contributed by atoms with Crippen molar-refractivity contribution in [1.82, 2.24) is 14.7 Å². The Morgan fingerprint density at radius 1 is 1.35 bits per heavy atom. The number of anilines is 1. The highest BCUT2D eigenvalue weighted by atomic mass is 16.2.